The molecule has 0 bridgehead atoms. The Labute approximate surface area is 131 Å². The number of hydrogen-bond donors (Lipinski definition) is 1. The summed E-state index contributed by atoms with van der Waals surface area (Å²) in [5, 5.41) is 3.53. The third-order valence-electron chi connectivity index (χ3n) is 4.17. The van der Waals surface area contributed by atoms with E-state index in [4.69, 9.17) is 0 Å². The summed E-state index contributed by atoms with van der Waals surface area (Å²) in [7, 11) is 0. The van der Waals surface area contributed by atoms with Gasteiger partial charge in [0.05, 0.1) is 0 Å². The van der Waals surface area contributed by atoms with Crippen molar-refractivity contribution >= 4 is 0 Å². The zero-order valence-corrected chi connectivity index (χ0v) is 14.2. The zero-order chi connectivity index (χ0) is 15.2. The van der Waals surface area contributed by atoms with Gasteiger partial charge in [0, 0.05) is 18.9 Å². The minimum atomic E-state index is 0.955. The van der Waals surface area contributed by atoms with Gasteiger partial charge in [0.1, 0.15) is 0 Å². The second-order valence-electron chi connectivity index (χ2n) is 6.16. The van der Waals surface area contributed by atoms with Gasteiger partial charge in [-0.15, -0.1) is 0 Å². The molecule has 0 amide bonds. The molecule has 0 fully saturated rings. The number of hydrogen-bond acceptors (Lipinski definition) is 2. The van der Waals surface area contributed by atoms with Crippen LogP contribution in [0, 0.1) is 6.92 Å². The fourth-order valence-corrected chi connectivity index (χ4v) is 2.64. The molecule has 0 saturated heterocycles. The molecule has 1 N–H and O–H groups in total. The van der Waals surface area contributed by atoms with Crippen LogP contribution in [0.15, 0.2) is 18.5 Å². The van der Waals surface area contributed by atoms with Crippen LogP contribution >= 0.6 is 0 Å². The first kappa shape index (κ1) is 18.2. The van der Waals surface area contributed by atoms with Crippen molar-refractivity contribution in [2.75, 3.05) is 6.54 Å². The third kappa shape index (κ3) is 9.62. The van der Waals surface area contributed by atoms with E-state index in [1.54, 1.807) is 0 Å². The van der Waals surface area contributed by atoms with Gasteiger partial charge in [0.15, 0.2) is 0 Å². The second-order valence-corrected chi connectivity index (χ2v) is 6.16. The van der Waals surface area contributed by atoms with Crippen LogP contribution in [0.25, 0.3) is 0 Å². The van der Waals surface area contributed by atoms with Gasteiger partial charge in [0.25, 0.3) is 0 Å². The van der Waals surface area contributed by atoms with E-state index in [0.29, 0.717) is 0 Å². The van der Waals surface area contributed by atoms with Gasteiger partial charge < -0.3 is 5.32 Å². The summed E-state index contributed by atoms with van der Waals surface area (Å²) in [5.41, 5.74) is 2.66. The first-order valence-electron chi connectivity index (χ1n) is 8.94. The molecule has 2 heteroatoms. The standard InChI is InChI=1S/C19H34N2/c1-3-4-5-6-7-8-9-10-11-12-14-20-16-19-17-21-15-13-18(19)2/h13,15,17,20H,3-12,14,16H2,1-2H3. The van der Waals surface area contributed by atoms with E-state index < -0.39 is 0 Å². The van der Waals surface area contributed by atoms with Crippen LogP contribution in [-0.2, 0) is 6.54 Å². The van der Waals surface area contributed by atoms with Crippen LogP contribution in [0.3, 0.4) is 0 Å². The van der Waals surface area contributed by atoms with E-state index in [0.717, 1.165) is 13.1 Å². The molecule has 0 saturated carbocycles. The molecule has 21 heavy (non-hydrogen) atoms. The third-order valence-corrected chi connectivity index (χ3v) is 4.17. The maximum atomic E-state index is 4.18. The summed E-state index contributed by atoms with van der Waals surface area (Å²) >= 11 is 0. The van der Waals surface area contributed by atoms with Crippen molar-refractivity contribution in [2.24, 2.45) is 0 Å². The molecule has 0 aliphatic heterocycles. The Morgan fingerprint density at radius 1 is 0.905 bits per heavy atom. The second kappa shape index (κ2) is 12.8. The summed E-state index contributed by atoms with van der Waals surface area (Å²) in [6.07, 6.45) is 17.9. The topological polar surface area (TPSA) is 24.9 Å². The fourth-order valence-electron chi connectivity index (χ4n) is 2.64. The van der Waals surface area contributed by atoms with Gasteiger partial charge in [-0.2, -0.15) is 0 Å². The molecular formula is C19H34N2. The largest absolute Gasteiger partial charge is 0.313 e. The van der Waals surface area contributed by atoms with Gasteiger partial charge in [-0.3, -0.25) is 4.98 Å². The van der Waals surface area contributed by atoms with Gasteiger partial charge in [-0.25, -0.2) is 0 Å². The Morgan fingerprint density at radius 2 is 1.52 bits per heavy atom. The molecule has 0 aromatic carbocycles. The summed E-state index contributed by atoms with van der Waals surface area (Å²) < 4.78 is 0. The van der Waals surface area contributed by atoms with E-state index in [-0.39, 0.29) is 0 Å². The van der Waals surface area contributed by atoms with Crippen molar-refractivity contribution < 1.29 is 0 Å². The monoisotopic (exact) mass is 290 g/mol. The van der Waals surface area contributed by atoms with Crippen LogP contribution in [-0.4, -0.2) is 11.5 Å². The van der Waals surface area contributed by atoms with Crippen LogP contribution in [0.1, 0.15) is 82.3 Å². The zero-order valence-electron chi connectivity index (χ0n) is 14.2. The number of unbranched alkanes of at least 4 members (excludes halogenated alkanes) is 9. The van der Waals surface area contributed by atoms with Gasteiger partial charge in [-0.1, -0.05) is 64.7 Å². The van der Waals surface area contributed by atoms with Crippen LogP contribution < -0.4 is 5.32 Å². The van der Waals surface area contributed by atoms with Gasteiger partial charge >= 0.3 is 0 Å². The average molecular weight is 290 g/mol. The molecule has 0 unspecified atom stereocenters. The molecule has 1 rings (SSSR count). The highest BCUT2D eigenvalue weighted by Crippen LogP contribution is 2.10. The highest BCUT2D eigenvalue weighted by atomic mass is 14.8. The van der Waals surface area contributed by atoms with E-state index in [1.165, 1.54) is 75.3 Å². The molecule has 0 aliphatic rings. The number of nitrogens with zero attached hydrogens (tertiary/aromatic N) is 1. The molecule has 1 aromatic rings. The number of rotatable bonds is 13. The summed E-state index contributed by atoms with van der Waals surface area (Å²) in [5.74, 6) is 0. The molecule has 120 valence electrons. The highest BCUT2D eigenvalue weighted by Gasteiger charge is 1.97. The lowest BCUT2D eigenvalue weighted by Crippen LogP contribution is -2.15. The lowest BCUT2D eigenvalue weighted by atomic mass is 10.1. The SMILES string of the molecule is CCCCCCCCCCCCNCc1cnccc1C. The smallest absolute Gasteiger partial charge is 0.0315 e. The first-order valence-corrected chi connectivity index (χ1v) is 8.94. The first-order chi connectivity index (χ1) is 10.3. The molecule has 0 radical (unpaired) electrons. The van der Waals surface area contributed by atoms with Crippen LogP contribution in [0.5, 0.6) is 0 Å². The van der Waals surface area contributed by atoms with Crippen molar-refractivity contribution in [3.8, 4) is 0 Å². The average Bonchev–Trinajstić information content (AvgIpc) is 2.50. The summed E-state index contributed by atoms with van der Waals surface area (Å²) in [6.45, 7) is 6.52. The minimum Gasteiger partial charge on any atom is -0.313 e. The van der Waals surface area contributed by atoms with Gasteiger partial charge in [0.2, 0.25) is 0 Å². The molecule has 1 aromatic heterocycles. The van der Waals surface area contributed by atoms with E-state index in [9.17, 15) is 0 Å². The van der Waals surface area contributed by atoms with Crippen molar-refractivity contribution in [3.05, 3.63) is 29.6 Å². The van der Waals surface area contributed by atoms with E-state index in [2.05, 4.69) is 30.2 Å². The quantitative estimate of drug-likeness (QED) is 0.492. The molecule has 2 nitrogen and oxygen atoms in total. The normalized spacial score (nSPS) is 11.0. The lowest BCUT2D eigenvalue weighted by Gasteiger charge is -2.07. The molecule has 1 heterocycles. The Hall–Kier alpha value is -0.890. The maximum absolute atomic E-state index is 4.18. The number of aryl methyl sites for hydroxylation is 1. The van der Waals surface area contributed by atoms with Crippen molar-refractivity contribution in [2.45, 2.75) is 84.6 Å². The van der Waals surface area contributed by atoms with Crippen molar-refractivity contribution in [3.63, 3.8) is 0 Å². The van der Waals surface area contributed by atoms with Crippen LogP contribution in [0.4, 0.5) is 0 Å². The van der Waals surface area contributed by atoms with E-state index >= 15 is 0 Å². The van der Waals surface area contributed by atoms with Crippen LogP contribution in [0.2, 0.25) is 0 Å². The predicted molar refractivity (Wildman–Crippen MR) is 92.5 cm³/mol. The lowest BCUT2D eigenvalue weighted by molar-refractivity contribution is 0.543. The molecule has 0 aliphatic carbocycles. The van der Waals surface area contributed by atoms with Gasteiger partial charge in [-0.05, 0) is 37.1 Å². The van der Waals surface area contributed by atoms with Crippen molar-refractivity contribution in [1.82, 2.24) is 10.3 Å². The van der Waals surface area contributed by atoms with E-state index in [1.807, 2.05) is 12.4 Å². The molecular weight excluding hydrogens is 256 g/mol. The Kier molecular flexibility index (Phi) is 11.1. The minimum absolute atomic E-state index is 0.955. The van der Waals surface area contributed by atoms with Crippen molar-refractivity contribution in [1.29, 1.82) is 0 Å². The Balaban J connectivity index is 1.84. The molecule has 0 atom stereocenters. The summed E-state index contributed by atoms with van der Waals surface area (Å²) in [6, 6.07) is 2.08. The number of nitrogens with one attached hydrogen (secondary N) is 1. The maximum Gasteiger partial charge on any atom is 0.0315 e. The predicted octanol–water partition coefficient (Wildman–Crippen LogP) is 5.40. The number of aromatic nitrogens is 1. The Bertz CT molecular complexity index is 349. The number of pyridine rings is 1. The fraction of sp³-hybridized carbons (Fsp3) is 0.737. The summed E-state index contributed by atoms with van der Waals surface area (Å²) in [4.78, 5) is 4.18. The Morgan fingerprint density at radius 3 is 2.14 bits per heavy atom. The highest BCUT2D eigenvalue weighted by molar-refractivity contribution is 5.20. The molecule has 0 spiro atoms.